The van der Waals surface area contributed by atoms with Gasteiger partial charge in [-0.25, -0.2) is 9.18 Å². The number of benzene rings is 1. The van der Waals surface area contributed by atoms with Gasteiger partial charge in [0.05, 0.1) is 4.91 Å². The van der Waals surface area contributed by atoms with Gasteiger partial charge in [-0.05, 0) is 42.8 Å². The average Bonchev–Trinajstić information content (AvgIpc) is 3.16. The lowest BCUT2D eigenvalue weighted by atomic mass is 10.2. The van der Waals surface area contributed by atoms with E-state index in [1.807, 2.05) is 0 Å². The van der Waals surface area contributed by atoms with Crippen molar-refractivity contribution in [3.05, 3.63) is 52.9 Å². The average molecular weight is 391 g/mol. The highest BCUT2D eigenvalue weighted by atomic mass is 32.2. The van der Waals surface area contributed by atoms with Crippen LogP contribution in [0.3, 0.4) is 0 Å². The van der Waals surface area contributed by atoms with Gasteiger partial charge in [0.1, 0.15) is 27.7 Å². The topological polar surface area (TPSA) is 70.8 Å². The molecule has 2 aromatic rings. The van der Waals surface area contributed by atoms with Crippen molar-refractivity contribution in [1.82, 2.24) is 4.90 Å². The van der Waals surface area contributed by atoms with Gasteiger partial charge in [-0.3, -0.25) is 9.69 Å². The maximum absolute atomic E-state index is 13.0. The lowest BCUT2D eigenvalue weighted by molar-refractivity contribution is -0.145. The molecule has 1 saturated heterocycles. The van der Waals surface area contributed by atoms with Crippen molar-refractivity contribution in [2.45, 2.75) is 19.4 Å². The molecule has 0 saturated carbocycles. The lowest BCUT2D eigenvalue weighted by Gasteiger charge is -2.21. The summed E-state index contributed by atoms with van der Waals surface area (Å²) in [5.41, 5.74) is 0.704. The van der Waals surface area contributed by atoms with Crippen LogP contribution in [-0.2, 0) is 9.59 Å². The minimum absolute atomic E-state index is 0.209. The number of carboxylic acid groups (broad SMARTS) is 1. The normalized spacial score (nSPS) is 17.2. The third-order valence-corrected chi connectivity index (χ3v) is 5.17. The molecule has 0 aliphatic carbocycles. The number of rotatable bonds is 5. The number of aliphatic carboxylic acids is 1. The van der Waals surface area contributed by atoms with Crippen LogP contribution in [-0.4, -0.2) is 32.2 Å². The van der Waals surface area contributed by atoms with E-state index in [9.17, 15) is 19.1 Å². The van der Waals surface area contributed by atoms with Gasteiger partial charge in [-0.2, -0.15) is 0 Å². The third kappa shape index (κ3) is 3.56. The number of amides is 1. The number of carbonyl (C=O) groups is 2. The van der Waals surface area contributed by atoms with Crippen molar-refractivity contribution in [1.29, 1.82) is 0 Å². The first-order chi connectivity index (χ1) is 12.4. The van der Waals surface area contributed by atoms with Crippen LogP contribution in [0.1, 0.15) is 19.1 Å². The highest BCUT2D eigenvalue weighted by Crippen LogP contribution is 2.35. The first-order valence-corrected chi connectivity index (χ1v) is 8.99. The molecule has 8 heteroatoms. The Kier molecular flexibility index (Phi) is 5.24. The maximum atomic E-state index is 13.0. The van der Waals surface area contributed by atoms with Gasteiger partial charge in [-0.1, -0.05) is 30.9 Å². The molecule has 26 heavy (non-hydrogen) atoms. The summed E-state index contributed by atoms with van der Waals surface area (Å²) < 4.78 is 18.9. The van der Waals surface area contributed by atoms with Gasteiger partial charge in [0.15, 0.2) is 0 Å². The Balaban J connectivity index is 1.85. The largest absolute Gasteiger partial charge is 0.480 e. The zero-order chi connectivity index (χ0) is 18.8. The van der Waals surface area contributed by atoms with Gasteiger partial charge in [0, 0.05) is 11.6 Å². The second kappa shape index (κ2) is 7.43. The zero-order valence-corrected chi connectivity index (χ0v) is 15.3. The van der Waals surface area contributed by atoms with Crippen LogP contribution in [0, 0.1) is 5.82 Å². The third-order valence-electron chi connectivity index (χ3n) is 3.84. The molecular weight excluding hydrogens is 377 g/mol. The van der Waals surface area contributed by atoms with Crippen LogP contribution in [0.15, 0.2) is 45.7 Å². The molecule has 1 unspecified atom stereocenters. The molecule has 1 fully saturated rings. The van der Waals surface area contributed by atoms with Crippen molar-refractivity contribution < 1.29 is 23.5 Å². The number of carbonyl (C=O) groups excluding carboxylic acids is 1. The predicted octanol–water partition coefficient (Wildman–Crippen LogP) is 4.15. The van der Waals surface area contributed by atoms with E-state index >= 15 is 0 Å². The molecule has 5 nitrogen and oxygen atoms in total. The molecule has 1 N–H and O–H groups in total. The van der Waals surface area contributed by atoms with Crippen molar-refractivity contribution in [3.63, 3.8) is 0 Å². The number of furan rings is 1. The Labute approximate surface area is 158 Å². The molecule has 134 valence electrons. The number of hydrogen-bond acceptors (Lipinski definition) is 5. The summed E-state index contributed by atoms with van der Waals surface area (Å²) in [4.78, 5) is 25.3. The van der Waals surface area contributed by atoms with E-state index in [0.717, 1.165) is 16.7 Å². The van der Waals surface area contributed by atoms with Crippen molar-refractivity contribution in [2.75, 3.05) is 0 Å². The Morgan fingerprint density at radius 2 is 2.04 bits per heavy atom. The molecule has 0 bridgehead atoms. The first-order valence-electron chi connectivity index (χ1n) is 7.76. The van der Waals surface area contributed by atoms with E-state index < -0.39 is 17.9 Å². The summed E-state index contributed by atoms with van der Waals surface area (Å²) in [7, 11) is 0. The van der Waals surface area contributed by atoms with E-state index in [-0.39, 0.29) is 16.6 Å². The summed E-state index contributed by atoms with van der Waals surface area (Å²) in [6.07, 6.45) is 1.78. The highest BCUT2D eigenvalue weighted by molar-refractivity contribution is 8.26. The second-order valence-corrected chi connectivity index (χ2v) is 7.20. The summed E-state index contributed by atoms with van der Waals surface area (Å²) >= 11 is 6.21. The van der Waals surface area contributed by atoms with E-state index in [2.05, 4.69) is 0 Å². The smallest absolute Gasteiger partial charge is 0.326 e. The van der Waals surface area contributed by atoms with Crippen molar-refractivity contribution in [3.8, 4) is 11.3 Å². The lowest BCUT2D eigenvalue weighted by Crippen LogP contribution is -2.43. The van der Waals surface area contributed by atoms with Crippen LogP contribution in [0.25, 0.3) is 17.4 Å². The van der Waals surface area contributed by atoms with Crippen LogP contribution < -0.4 is 0 Å². The van der Waals surface area contributed by atoms with Gasteiger partial charge >= 0.3 is 5.97 Å². The first kappa shape index (κ1) is 18.3. The Morgan fingerprint density at radius 1 is 1.35 bits per heavy atom. The summed E-state index contributed by atoms with van der Waals surface area (Å²) in [5.74, 6) is -0.930. The molecule has 1 aromatic carbocycles. The molecule has 2 heterocycles. The van der Waals surface area contributed by atoms with E-state index in [0.29, 0.717) is 22.0 Å². The Hall–Kier alpha value is -2.45. The van der Waals surface area contributed by atoms with Crippen LogP contribution in [0.5, 0.6) is 0 Å². The fourth-order valence-corrected chi connectivity index (χ4v) is 3.88. The van der Waals surface area contributed by atoms with Crippen molar-refractivity contribution in [2.24, 2.45) is 0 Å². The number of thioether (sulfide) groups is 1. The quantitative estimate of drug-likeness (QED) is 0.610. The maximum Gasteiger partial charge on any atom is 0.326 e. The zero-order valence-electron chi connectivity index (χ0n) is 13.6. The predicted molar refractivity (Wildman–Crippen MR) is 101 cm³/mol. The fraction of sp³-hybridized carbons (Fsp3) is 0.167. The molecule has 1 amide bonds. The summed E-state index contributed by atoms with van der Waals surface area (Å²) in [5, 5.41) is 9.27. The van der Waals surface area contributed by atoms with Crippen LogP contribution >= 0.6 is 24.0 Å². The minimum atomic E-state index is -1.10. The molecule has 1 aliphatic heterocycles. The number of nitrogens with zero attached hydrogens (tertiary/aromatic N) is 1. The molecule has 1 aliphatic rings. The molecule has 0 spiro atoms. The van der Waals surface area contributed by atoms with Gasteiger partial charge in [0.2, 0.25) is 0 Å². The molecular formula is C18H14FNO4S2. The minimum Gasteiger partial charge on any atom is -0.480 e. The second-order valence-electron chi connectivity index (χ2n) is 5.52. The van der Waals surface area contributed by atoms with E-state index in [4.69, 9.17) is 16.6 Å². The van der Waals surface area contributed by atoms with E-state index in [1.165, 1.54) is 18.2 Å². The van der Waals surface area contributed by atoms with Crippen molar-refractivity contribution >= 4 is 46.3 Å². The number of thiocarbonyl (C=S) groups is 1. The van der Waals surface area contributed by atoms with Crippen LogP contribution in [0.2, 0.25) is 0 Å². The van der Waals surface area contributed by atoms with E-state index in [1.54, 1.807) is 31.2 Å². The standard InChI is InChI=1S/C18H14FNO4S2/c1-2-13(17(22)23)20-16(21)15(26-18(20)25)9-12-7-8-14(24-12)10-3-5-11(19)6-4-10/h3-9,13H,2H2,1H3,(H,22,23)/b15-9-. The molecule has 1 aromatic heterocycles. The Bertz CT molecular complexity index is 904. The van der Waals surface area contributed by atoms with Gasteiger partial charge in [0.25, 0.3) is 5.91 Å². The van der Waals surface area contributed by atoms with Crippen LogP contribution in [0.4, 0.5) is 4.39 Å². The Morgan fingerprint density at radius 3 is 2.65 bits per heavy atom. The monoisotopic (exact) mass is 391 g/mol. The number of hydrogen-bond donors (Lipinski definition) is 1. The van der Waals surface area contributed by atoms with Gasteiger partial charge < -0.3 is 9.52 Å². The molecule has 0 radical (unpaired) electrons. The summed E-state index contributed by atoms with van der Waals surface area (Å²) in [6, 6.07) is 8.26. The molecule has 1 atom stereocenters. The molecule has 3 rings (SSSR count). The number of halogens is 1. The highest BCUT2D eigenvalue weighted by Gasteiger charge is 2.39. The SMILES string of the molecule is CCC(C(=O)O)N1C(=O)/C(=C/c2ccc(-c3ccc(F)cc3)o2)SC1=S. The summed E-state index contributed by atoms with van der Waals surface area (Å²) in [6.45, 7) is 1.68. The number of carboxylic acids is 1. The fourth-order valence-electron chi connectivity index (χ4n) is 2.55. The van der Waals surface area contributed by atoms with Gasteiger partial charge in [-0.15, -0.1) is 0 Å².